The Labute approximate surface area is 134 Å². The van der Waals surface area contributed by atoms with Gasteiger partial charge in [-0.25, -0.2) is 4.98 Å². The summed E-state index contributed by atoms with van der Waals surface area (Å²) in [6.45, 7) is 5.83. The Morgan fingerprint density at radius 3 is 2.74 bits per heavy atom. The van der Waals surface area contributed by atoms with Gasteiger partial charge in [0, 0.05) is 11.6 Å². The van der Waals surface area contributed by atoms with Crippen LogP contribution in [0.15, 0.2) is 40.9 Å². The largest absolute Gasteiger partial charge is 0.350 e. The smallest absolute Gasteiger partial charge is 0.259 e. The number of nitrogens with one attached hydrogen (secondary N) is 1. The Kier molecular flexibility index (Phi) is 4.10. The average Bonchev–Trinajstić information content (AvgIpc) is 2.96. The first kappa shape index (κ1) is 15.2. The summed E-state index contributed by atoms with van der Waals surface area (Å²) >= 11 is 0. The van der Waals surface area contributed by atoms with Gasteiger partial charge in [0.1, 0.15) is 0 Å². The van der Waals surface area contributed by atoms with Crippen LogP contribution in [0.2, 0.25) is 0 Å². The zero-order chi connectivity index (χ0) is 16.4. The molecule has 2 heterocycles. The van der Waals surface area contributed by atoms with Crippen LogP contribution in [0.3, 0.4) is 0 Å². The molecule has 0 aliphatic carbocycles. The van der Waals surface area contributed by atoms with Crippen molar-refractivity contribution in [2.75, 3.05) is 0 Å². The molecular weight excluding hydrogens is 290 g/mol. The van der Waals surface area contributed by atoms with Gasteiger partial charge >= 0.3 is 0 Å². The molecule has 0 spiro atoms. The summed E-state index contributed by atoms with van der Waals surface area (Å²) in [4.78, 5) is 17.2. The van der Waals surface area contributed by atoms with E-state index in [9.17, 15) is 4.79 Å². The number of nitrogens with zero attached hydrogens (tertiary/aromatic N) is 2. The number of rotatable bonds is 4. The van der Waals surface area contributed by atoms with E-state index < -0.39 is 0 Å². The van der Waals surface area contributed by atoms with Crippen LogP contribution < -0.4 is 5.32 Å². The molecule has 0 aliphatic rings. The highest BCUT2D eigenvalue weighted by atomic mass is 16.5. The Morgan fingerprint density at radius 2 is 2.04 bits per heavy atom. The molecule has 0 saturated heterocycles. The van der Waals surface area contributed by atoms with E-state index in [1.807, 2.05) is 51.1 Å². The lowest BCUT2D eigenvalue weighted by molar-refractivity contribution is 0.0941. The highest BCUT2D eigenvalue weighted by Crippen LogP contribution is 2.27. The quantitative estimate of drug-likeness (QED) is 0.797. The Hall–Kier alpha value is -2.69. The molecule has 5 heteroatoms. The number of hydrogen-bond donors (Lipinski definition) is 1. The van der Waals surface area contributed by atoms with Crippen LogP contribution >= 0.6 is 0 Å². The third-order valence-corrected chi connectivity index (χ3v) is 3.92. The monoisotopic (exact) mass is 309 g/mol. The van der Waals surface area contributed by atoms with Crippen LogP contribution in [0.5, 0.6) is 0 Å². The Balaban J connectivity index is 2.14. The lowest BCUT2D eigenvalue weighted by Crippen LogP contribution is -2.32. The highest BCUT2D eigenvalue weighted by Gasteiger charge is 2.20. The number of benzene rings is 1. The molecule has 0 saturated carbocycles. The minimum atomic E-state index is -0.129. The van der Waals surface area contributed by atoms with Crippen molar-refractivity contribution < 1.29 is 9.32 Å². The van der Waals surface area contributed by atoms with E-state index in [1.54, 1.807) is 6.07 Å². The molecule has 5 nitrogen and oxygen atoms in total. The predicted octanol–water partition coefficient (Wildman–Crippen LogP) is 3.73. The fourth-order valence-corrected chi connectivity index (χ4v) is 2.43. The molecule has 0 bridgehead atoms. The molecule has 2 aromatic heterocycles. The van der Waals surface area contributed by atoms with Crippen molar-refractivity contribution in [3.05, 3.63) is 47.7 Å². The summed E-state index contributed by atoms with van der Waals surface area (Å²) in [5.41, 5.74) is 3.23. The maximum atomic E-state index is 12.7. The minimum absolute atomic E-state index is 0.103. The second-order valence-electron chi connectivity index (χ2n) is 5.65. The van der Waals surface area contributed by atoms with E-state index in [4.69, 9.17) is 4.52 Å². The molecule has 0 radical (unpaired) electrons. The van der Waals surface area contributed by atoms with Crippen LogP contribution in [0, 0.1) is 6.92 Å². The zero-order valence-corrected chi connectivity index (χ0v) is 13.5. The first-order valence-electron chi connectivity index (χ1n) is 7.73. The van der Waals surface area contributed by atoms with Gasteiger partial charge in [-0.05, 0) is 26.3 Å². The van der Waals surface area contributed by atoms with E-state index >= 15 is 0 Å². The molecule has 1 aromatic carbocycles. The Morgan fingerprint density at radius 1 is 1.30 bits per heavy atom. The van der Waals surface area contributed by atoms with Crippen LogP contribution in [0.4, 0.5) is 0 Å². The van der Waals surface area contributed by atoms with Crippen molar-refractivity contribution in [2.24, 2.45) is 0 Å². The zero-order valence-electron chi connectivity index (χ0n) is 13.5. The maximum absolute atomic E-state index is 12.7. The van der Waals surface area contributed by atoms with E-state index in [0.29, 0.717) is 28.1 Å². The topological polar surface area (TPSA) is 68.0 Å². The molecule has 1 amide bonds. The second kappa shape index (κ2) is 6.20. The van der Waals surface area contributed by atoms with Crippen LogP contribution in [-0.2, 0) is 0 Å². The van der Waals surface area contributed by atoms with Gasteiger partial charge < -0.3 is 9.84 Å². The summed E-state index contributed by atoms with van der Waals surface area (Å²) in [5.74, 6) is -0.129. The number of carbonyl (C=O) groups excluding carboxylic acids is 1. The van der Waals surface area contributed by atoms with Crippen molar-refractivity contribution >= 4 is 17.0 Å². The number of carbonyl (C=O) groups is 1. The van der Waals surface area contributed by atoms with E-state index in [0.717, 1.165) is 12.0 Å². The molecule has 1 unspecified atom stereocenters. The molecule has 1 atom stereocenters. The van der Waals surface area contributed by atoms with Gasteiger partial charge in [0.05, 0.1) is 22.3 Å². The molecule has 23 heavy (non-hydrogen) atoms. The van der Waals surface area contributed by atoms with Gasteiger partial charge in [0.2, 0.25) is 0 Å². The molecule has 3 aromatic rings. The van der Waals surface area contributed by atoms with Crippen molar-refractivity contribution in [1.82, 2.24) is 15.5 Å². The molecule has 0 aliphatic heterocycles. The summed E-state index contributed by atoms with van der Waals surface area (Å²) in [5, 5.41) is 7.62. The van der Waals surface area contributed by atoms with Gasteiger partial charge in [-0.2, -0.15) is 0 Å². The third-order valence-electron chi connectivity index (χ3n) is 3.92. The molecule has 118 valence electrons. The normalized spacial score (nSPS) is 12.3. The lowest BCUT2D eigenvalue weighted by Gasteiger charge is -2.12. The summed E-state index contributed by atoms with van der Waals surface area (Å²) in [6.07, 6.45) is 0.869. The summed E-state index contributed by atoms with van der Waals surface area (Å²) < 4.78 is 5.29. The van der Waals surface area contributed by atoms with Gasteiger partial charge in [-0.1, -0.05) is 42.4 Å². The van der Waals surface area contributed by atoms with E-state index in [2.05, 4.69) is 15.5 Å². The fraction of sp³-hybridized carbons (Fsp3) is 0.278. The molecule has 1 N–H and O–H groups in total. The van der Waals surface area contributed by atoms with Crippen molar-refractivity contribution in [3.8, 4) is 11.3 Å². The minimum Gasteiger partial charge on any atom is -0.350 e. The lowest BCUT2D eigenvalue weighted by atomic mass is 10.0. The average molecular weight is 309 g/mol. The van der Waals surface area contributed by atoms with Gasteiger partial charge in [-0.15, -0.1) is 0 Å². The highest BCUT2D eigenvalue weighted by molar-refractivity contribution is 6.07. The molecule has 3 rings (SSSR count). The number of aromatic nitrogens is 2. The van der Waals surface area contributed by atoms with Gasteiger partial charge in [0.25, 0.3) is 11.6 Å². The standard InChI is InChI=1S/C18H19N3O2/c1-4-11(2)19-17(22)14-10-15(13-8-6-5-7-9-13)20-18-16(14)12(3)21-23-18/h5-11H,4H2,1-3H3,(H,19,22). The van der Waals surface area contributed by atoms with Crippen LogP contribution in [-0.4, -0.2) is 22.1 Å². The molecule has 0 fully saturated rings. The SMILES string of the molecule is CCC(C)NC(=O)c1cc(-c2ccccc2)nc2onc(C)c12. The fourth-order valence-electron chi connectivity index (χ4n) is 2.43. The third kappa shape index (κ3) is 2.95. The van der Waals surface area contributed by atoms with Crippen molar-refractivity contribution in [2.45, 2.75) is 33.2 Å². The number of hydrogen-bond acceptors (Lipinski definition) is 4. The van der Waals surface area contributed by atoms with E-state index in [-0.39, 0.29) is 11.9 Å². The first-order valence-corrected chi connectivity index (χ1v) is 7.73. The number of amides is 1. The Bertz CT molecular complexity index is 840. The first-order chi connectivity index (χ1) is 11.1. The van der Waals surface area contributed by atoms with Crippen LogP contribution in [0.25, 0.3) is 22.4 Å². The van der Waals surface area contributed by atoms with Crippen LogP contribution in [0.1, 0.15) is 36.3 Å². The summed E-state index contributed by atoms with van der Waals surface area (Å²) in [6, 6.07) is 11.6. The van der Waals surface area contributed by atoms with Gasteiger partial charge in [0.15, 0.2) is 0 Å². The van der Waals surface area contributed by atoms with Crippen molar-refractivity contribution in [1.29, 1.82) is 0 Å². The summed E-state index contributed by atoms with van der Waals surface area (Å²) in [7, 11) is 0. The number of fused-ring (bicyclic) bond motifs is 1. The molecular formula is C18H19N3O2. The van der Waals surface area contributed by atoms with Crippen molar-refractivity contribution in [3.63, 3.8) is 0 Å². The number of aryl methyl sites for hydroxylation is 1. The van der Waals surface area contributed by atoms with Gasteiger partial charge in [-0.3, -0.25) is 4.79 Å². The maximum Gasteiger partial charge on any atom is 0.259 e. The van der Waals surface area contributed by atoms with E-state index in [1.165, 1.54) is 0 Å². The number of pyridine rings is 1. The second-order valence-corrected chi connectivity index (χ2v) is 5.65. The predicted molar refractivity (Wildman–Crippen MR) is 89.2 cm³/mol.